The van der Waals surface area contributed by atoms with Crippen LogP contribution in [0.4, 0.5) is 0 Å². The van der Waals surface area contributed by atoms with Crippen LogP contribution in [0.2, 0.25) is 0 Å². The summed E-state index contributed by atoms with van der Waals surface area (Å²) in [4.78, 5) is 80.6. The van der Waals surface area contributed by atoms with E-state index in [-0.39, 0.29) is 23.4 Å². The van der Waals surface area contributed by atoms with Crippen LogP contribution in [-0.2, 0) is 62.9 Å². The largest absolute Gasteiger partial charge is 0.504 e. The minimum absolute atomic E-state index is 0.0281. The number of phenols is 1. The number of carboxylic acid groups (broad SMARTS) is 2. The van der Waals surface area contributed by atoms with E-state index in [9.17, 15) is 38.7 Å². The molecule has 0 amide bonds. The lowest BCUT2D eigenvalue weighted by Gasteiger charge is -2.18. The van der Waals surface area contributed by atoms with Gasteiger partial charge in [0.2, 0.25) is 12.2 Å². The molecule has 2 aromatic carbocycles. The number of carboxylic acids is 2. The Morgan fingerprint density at radius 2 is 1.13 bits per heavy atom. The van der Waals surface area contributed by atoms with Crippen LogP contribution in [0.15, 0.2) is 36.4 Å². The topological polar surface area (TPSA) is 319 Å². The van der Waals surface area contributed by atoms with Crippen LogP contribution in [-0.4, -0.2) is 113 Å². The zero-order valence-corrected chi connectivity index (χ0v) is 34.8. The second-order valence-corrected chi connectivity index (χ2v) is 13.4. The summed E-state index contributed by atoms with van der Waals surface area (Å²) in [6.07, 6.45) is -0.506. The van der Waals surface area contributed by atoms with Crippen molar-refractivity contribution in [2.24, 2.45) is 0 Å². The molecule has 332 valence electrons. The standard InChI is InChI=1S/C23H30O9.C15H16O8.H2O4S/c1-13(2)29-21(26)12-19(23(27)30-14(3)4)32-20(25)9-8-17-10-15(5)22(31-16(6)24)18(11-17)28-7;1-8-5-9(6-10(22-2)14(8)19)3-4-13(18)23-11(15(20)21)7-12(16)17;1-5(2,3)4/h8-11,13-14,19H,12H2,1-7H3;3-6,11,19H,7H2,1-2H3,(H,16,17)(H,20,21);(H2,1,2,3,4)/b9-8+;4-3+;. The highest BCUT2D eigenvalue weighted by molar-refractivity contribution is 7.79. The van der Waals surface area contributed by atoms with Gasteiger partial charge in [-0.1, -0.05) is 0 Å². The number of aromatic hydroxyl groups is 1. The highest BCUT2D eigenvalue weighted by Gasteiger charge is 2.29. The third kappa shape index (κ3) is 23.0. The number of aryl methyl sites for hydroxylation is 2. The van der Waals surface area contributed by atoms with Crippen LogP contribution in [0.5, 0.6) is 23.0 Å². The van der Waals surface area contributed by atoms with E-state index in [2.05, 4.69) is 4.74 Å². The fourth-order valence-electron chi connectivity index (χ4n) is 4.29. The summed E-state index contributed by atoms with van der Waals surface area (Å²) in [7, 11) is -1.87. The molecule has 2 atom stereocenters. The van der Waals surface area contributed by atoms with Crippen LogP contribution in [0.3, 0.4) is 0 Å². The molecule has 0 aromatic heterocycles. The molecule has 0 aliphatic heterocycles. The number of ether oxygens (including phenoxy) is 7. The SMILES string of the molecule is COc1cc(/C=C/C(=O)OC(CC(=O)O)C(=O)O)cc(C)c1O.COc1cc(/C=C/C(=O)OC(CC(=O)OC(C)C)C(=O)OC(C)C)cc(C)c1OC(C)=O.O=S(=O)(O)O. The van der Waals surface area contributed by atoms with Crippen molar-refractivity contribution in [1.82, 2.24) is 0 Å². The van der Waals surface area contributed by atoms with E-state index in [1.807, 2.05) is 0 Å². The second-order valence-electron chi connectivity index (χ2n) is 12.5. The number of carbonyl (C=O) groups excluding carboxylic acids is 5. The molecule has 60 heavy (non-hydrogen) atoms. The Bertz CT molecular complexity index is 2010. The molecule has 0 aliphatic rings. The van der Waals surface area contributed by atoms with Crippen molar-refractivity contribution in [2.45, 2.75) is 85.7 Å². The van der Waals surface area contributed by atoms with Crippen LogP contribution >= 0.6 is 0 Å². The predicted octanol–water partition coefficient (Wildman–Crippen LogP) is 3.69. The van der Waals surface area contributed by atoms with Gasteiger partial charge in [-0.25, -0.2) is 19.2 Å². The first-order chi connectivity index (χ1) is 27.7. The molecule has 5 N–H and O–H groups in total. The molecule has 0 heterocycles. The number of methoxy groups -OCH3 is 2. The number of hydrogen-bond donors (Lipinski definition) is 5. The predicted molar refractivity (Wildman–Crippen MR) is 207 cm³/mol. The molecule has 21 nitrogen and oxygen atoms in total. The molecule has 0 saturated heterocycles. The molecule has 0 radical (unpaired) electrons. The van der Waals surface area contributed by atoms with Gasteiger partial charge in [0.1, 0.15) is 0 Å². The summed E-state index contributed by atoms with van der Waals surface area (Å²) in [5, 5.41) is 27.0. The minimum atomic E-state index is -4.67. The van der Waals surface area contributed by atoms with Crippen molar-refractivity contribution < 1.29 is 99.6 Å². The summed E-state index contributed by atoms with van der Waals surface area (Å²) in [5.74, 6) is -6.04. The number of carbonyl (C=O) groups is 7. The third-order valence-electron chi connectivity index (χ3n) is 6.55. The van der Waals surface area contributed by atoms with E-state index >= 15 is 0 Å². The van der Waals surface area contributed by atoms with E-state index in [0.717, 1.165) is 12.2 Å². The molecule has 22 heteroatoms. The van der Waals surface area contributed by atoms with Gasteiger partial charge in [-0.3, -0.25) is 23.5 Å². The van der Waals surface area contributed by atoms with Crippen LogP contribution in [0, 0.1) is 13.8 Å². The molecule has 0 saturated carbocycles. The van der Waals surface area contributed by atoms with Crippen molar-refractivity contribution in [2.75, 3.05) is 14.2 Å². The first-order valence-corrected chi connectivity index (χ1v) is 18.6. The number of benzene rings is 2. The molecule has 0 fully saturated rings. The lowest BCUT2D eigenvalue weighted by molar-refractivity contribution is -0.172. The van der Waals surface area contributed by atoms with Crippen LogP contribution in [0.1, 0.15) is 69.7 Å². The summed E-state index contributed by atoms with van der Waals surface area (Å²) in [5.41, 5.74) is 2.21. The summed E-state index contributed by atoms with van der Waals surface area (Å²) in [6.45, 7) is 11.2. The normalized spacial score (nSPS) is 11.9. The monoisotopic (exact) mass is 872 g/mol. The Balaban J connectivity index is 0.00000108. The number of phenolic OH excluding ortho intramolecular Hbond substituents is 1. The van der Waals surface area contributed by atoms with E-state index < -0.39 is 83.3 Å². The van der Waals surface area contributed by atoms with Crippen LogP contribution in [0.25, 0.3) is 12.2 Å². The molecular formula is C38H48O21S. The summed E-state index contributed by atoms with van der Waals surface area (Å²) < 4.78 is 66.7. The maximum atomic E-state index is 12.3. The Hall–Kier alpha value is -6.52. The molecule has 2 unspecified atom stereocenters. The molecule has 0 aliphatic carbocycles. The third-order valence-corrected chi connectivity index (χ3v) is 6.55. The zero-order valence-electron chi connectivity index (χ0n) is 34.0. The van der Waals surface area contributed by atoms with Crippen molar-refractivity contribution in [3.63, 3.8) is 0 Å². The molecule has 0 bridgehead atoms. The van der Waals surface area contributed by atoms with Crippen molar-refractivity contribution in [3.05, 3.63) is 58.7 Å². The molecule has 0 spiro atoms. The Morgan fingerprint density at radius 1 is 0.683 bits per heavy atom. The highest BCUT2D eigenvalue weighted by Crippen LogP contribution is 2.33. The Morgan fingerprint density at radius 3 is 1.55 bits per heavy atom. The van der Waals surface area contributed by atoms with Gasteiger partial charge in [-0.05, 0) is 100 Å². The van der Waals surface area contributed by atoms with Gasteiger partial charge in [-0.2, -0.15) is 8.42 Å². The Kier molecular flexibility index (Phi) is 23.0. The second kappa shape index (κ2) is 25.8. The Labute approximate surface area is 345 Å². The summed E-state index contributed by atoms with van der Waals surface area (Å²) in [6, 6.07) is 6.29. The van der Waals surface area contributed by atoms with Gasteiger partial charge in [0.05, 0.1) is 39.3 Å². The maximum absolute atomic E-state index is 12.3. The fourth-order valence-corrected chi connectivity index (χ4v) is 4.29. The van der Waals surface area contributed by atoms with Gasteiger partial charge in [0, 0.05) is 19.1 Å². The maximum Gasteiger partial charge on any atom is 0.394 e. The lowest BCUT2D eigenvalue weighted by Crippen LogP contribution is -2.33. The molecule has 2 rings (SSSR count). The minimum Gasteiger partial charge on any atom is -0.504 e. The van der Waals surface area contributed by atoms with Crippen molar-refractivity contribution in [3.8, 4) is 23.0 Å². The quantitative estimate of drug-likeness (QED) is 0.0497. The first kappa shape index (κ1) is 53.5. The van der Waals surface area contributed by atoms with E-state index in [4.69, 9.17) is 56.2 Å². The number of rotatable bonds is 17. The van der Waals surface area contributed by atoms with Gasteiger partial charge < -0.3 is 48.5 Å². The van der Waals surface area contributed by atoms with E-state index in [1.165, 1.54) is 39.4 Å². The van der Waals surface area contributed by atoms with Gasteiger partial charge in [-0.15, -0.1) is 0 Å². The highest BCUT2D eigenvalue weighted by atomic mass is 32.3. The number of aliphatic carboxylic acids is 2. The molecule has 2 aromatic rings. The van der Waals surface area contributed by atoms with Gasteiger partial charge >= 0.3 is 52.2 Å². The lowest BCUT2D eigenvalue weighted by atomic mass is 10.1. The van der Waals surface area contributed by atoms with Crippen molar-refractivity contribution in [1.29, 1.82) is 0 Å². The fraction of sp³-hybridized carbons (Fsp3) is 0.395. The summed E-state index contributed by atoms with van der Waals surface area (Å²) >= 11 is 0. The van der Waals surface area contributed by atoms with Gasteiger partial charge in [0.25, 0.3) is 0 Å². The smallest absolute Gasteiger partial charge is 0.394 e. The number of hydrogen-bond acceptors (Lipinski definition) is 17. The van der Waals surface area contributed by atoms with E-state index in [1.54, 1.807) is 59.7 Å². The van der Waals surface area contributed by atoms with E-state index in [0.29, 0.717) is 28.0 Å². The average Bonchev–Trinajstić information content (AvgIpc) is 3.10. The molecular weight excluding hydrogens is 824 g/mol. The average molecular weight is 873 g/mol. The number of esters is 5. The zero-order chi connectivity index (χ0) is 46.5. The first-order valence-electron chi connectivity index (χ1n) is 17.2. The van der Waals surface area contributed by atoms with Crippen molar-refractivity contribution >= 4 is 64.3 Å². The van der Waals surface area contributed by atoms with Gasteiger partial charge in [0.15, 0.2) is 23.0 Å². The van der Waals surface area contributed by atoms with Crippen LogP contribution < -0.4 is 14.2 Å².